The highest BCUT2D eigenvalue weighted by Crippen LogP contribution is 2.40. The predicted molar refractivity (Wildman–Crippen MR) is 95.2 cm³/mol. The van der Waals surface area contributed by atoms with Crippen LogP contribution >= 0.6 is 0 Å². The van der Waals surface area contributed by atoms with Crippen LogP contribution in [0.5, 0.6) is 0 Å². The van der Waals surface area contributed by atoms with Gasteiger partial charge in [0.25, 0.3) is 0 Å². The molecule has 1 aromatic heterocycles. The van der Waals surface area contributed by atoms with Gasteiger partial charge >= 0.3 is 6.03 Å². The first-order chi connectivity index (χ1) is 13.2. The first-order valence-electron chi connectivity index (χ1n) is 9.54. The van der Waals surface area contributed by atoms with E-state index in [4.69, 9.17) is 15.0 Å². The van der Waals surface area contributed by atoms with E-state index in [1.807, 2.05) is 30.3 Å². The summed E-state index contributed by atoms with van der Waals surface area (Å²) in [7, 11) is 0. The molecule has 2 saturated heterocycles. The van der Waals surface area contributed by atoms with Gasteiger partial charge in [-0.1, -0.05) is 30.3 Å². The van der Waals surface area contributed by atoms with Gasteiger partial charge in [0.05, 0.1) is 6.04 Å². The van der Waals surface area contributed by atoms with E-state index in [0.717, 1.165) is 31.2 Å². The Morgan fingerprint density at radius 3 is 2.70 bits per heavy atom. The molecule has 8 nitrogen and oxygen atoms in total. The number of hydroxylamine groups is 2. The fraction of sp³-hybridized carbons (Fsp3) is 0.526. The Kier molecular flexibility index (Phi) is 4.09. The number of urea groups is 1. The lowest BCUT2D eigenvalue weighted by Crippen LogP contribution is -2.35. The third-order valence-corrected chi connectivity index (χ3v) is 5.80. The van der Waals surface area contributed by atoms with Crippen LogP contribution in [0.25, 0.3) is 0 Å². The number of carbonyl (C=O) groups excluding carboxylic acids is 1. The summed E-state index contributed by atoms with van der Waals surface area (Å²) in [6.45, 7) is 1.01. The molecule has 2 aliphatic heterocycles. The molecule has 8 heteroatoms. The van der Waals surface area contributed by atoms with Crippen molar-refractivity contribution in [2.24, 2.45) is 5.73 Å². The number of piperidine rings is 1. The molecule has 1 aliphatic carbocycles. The minimum Gasteiger partial charge on any atom is -0.423 e. The van der Waals surface area contributed by atoms with Crippen molar-refractivity contribution >= 4 is 6.03 Å². The summed E-state index contributed by atoms with van der Waals surface area (Å²) in [5.74, 6) is 1.44. The molecule has 0 spiro atoms. The zero-order valence-electron chi connectivity index (χ0n) is 15.0. The van der Waals surface area contributed by atoms with Crippen LogP contribution < -0.4 is 5.73 Å². The van der Waals surface area contributed by atoms with Gasteiger partial charge < -0.3 is 15.1 Å². The van der Waals surface area contributed by atoms with Crippen molar-refractivity contribution in [3.8, 4) is 0 Å². The van der Waals surface area contributed by atoms with Gasteiger partial charge in [0.15, 0.2) is 0 Å². The second-order valence-corrected chi connectivity index (χ2v) is 7.67. The molecule has 2 aromatic rings. The summed E-state index contributed by atoms with van der Waals surface area (Å²) in [4.78, 5) is 20.5. The fourth-order valence-electron chi connectivity index (χ4n) is 4.18. The Labute approximate surface area is 157 Å². The SMILES string of the molecule is N[C@H]1C[C@H](c2nnc([C@@H]3CC[C@@H]4CN3C(=O)N4OCc3ccccc3)o2)C1. The first-order valence-corrected chi connectivity index (χ1v) is 9.54. The lowest BCUT2D eigenvalue weighted by Gasteiger charge is -2.29. The van der Waals surface area contributed by atoms with Crippen LogP contribution in [0.3, 0.4) is 0 Å². The number of carbonyl (C=O) groups is 1. The van der Waals surface area contributed by atoms with Crippen molar-refractivity contribution in [3.63, 3.8) is 0 Å². The van der Waals surface area contributed by atoms with Crippen LogP contribution in [0.1, 0.15) is 55.0 Å². The molecule has 3 aliphatic rings. The van der Waals surface area contributed by atoms with E-state index in [1.54, 1.807) is 4.90 Å². The molecule has 2 amide bonds. The van der Waals surface area contributed by atoms with Gasteiger partial charge in [0.2, 0.25) is 11.8 Å². The average Bonchev–Trinajstić information content (AvgIpc) is 3.23. The van der Waals surface area contributed by atoms with Crippen LogP contribution in [0, 0.1) is 0 Å². The van der Waals surface area contributed by atoms with Crippen LogP contribution in [0.4, 0.5) is 4.79 Å². The number of hydrogen-bond donors (Lipinski definition) is 1. The lowest BCUT2D eigenvalue weighted by molar-refractivity contribution is -0.140. The van der Waals surface area contributed by atoms with E-state index in [-0.39, 0.29) is 30.1 Å². The highest BCUT2D eigenvalue weighted by Gasteiger charge is 2.48. The number of amides is 2. The van der Waals surface area contributed by atoms with Crippen LogP contribution in [-0.4, -0.2) is 44.8 Å². The van der Waals surface area contributed by atoms with Crippen LogP contribution in [0.15, 0.2) is 34.7 Å². The third kappa shape index (κ3) is 2.98. The molecule has 142 valence electrons. The Hall–Kier alpha value is -2.45. The van der Waals surface area contributed by atoms with E-state index >= 15 is 0 Å². The molecule has 2 N–H and O–H groups in total. The summed E-state index contributed by atoms with van der Waals surface area (Å²) < 4.78 is 5.91. The Morgan fingerprint density at radius 2 is 1.93 bits per heavy atom. The minimum atomic E-state index is -0.172. The number of hydrogen-bond acceptors (Lipinski definition) is 6. The number of rotatable bonds is 5. The highest BCUT2D eigenvalue weighted by molar-refractivity contribution is 5.77. The smallest absolute Gasteiger partial charge is 0.345 e. The molecule has 1 aromatic carbocycles. The Morgan fingerprint density at radius 1 is 1.15 bits per heavy atom. The average molecular weight is 369 g/mol. The van der Waals surface area contributed by atoms with Gasteiger partial charge in [-0.15, -0.1) is 10.2 Å². The third-order valence-electron chi connectivity index (χ3n) is 5.80. The maximum absolute atomic E-state index is 12.9. The van der Waals surface area contributed by atoms with Crippen molar-refractivity contribution in [2.75, 3.05) is 6.54 Å². The van der Waals surface area contributed by atoms with Crippen molar-refractivity contribution in [2.45, 2.75) is 56.3 Å². The van der Waals surface area contributed by atoms with E-state index in [0.29, 0.717) is 24.9 Å². The molecule has 0 radical (unpaired) electrons. The van der Waals surface area contributed by atoms with Crippen molar-refractivity contribution in [1.82, 2.24) is 20.2 Å². The summed E-state index contributed by atoms with van der Waals surface area (Å²) in [6.07, 6.45) is 3.43. The standard InChI is InChI=1S/C19H23N5O3/c20-14-8-13(9-14)17-21-22-18(27-17)16-7-6-15-10-23(16)19(25)24(15)26-11-12-4-2-1-3-5-12/h1-5,13-16H,6-11,20H2/t13-,14-,15-,16+/m1/s1. The molecule has 3 fully saturated rings. The summed E-state index contributed by atoms with van der Waals surface area (Å²) in [5, 5.41) is 9.95. The van der Waals surface area contributed by atoms with Gasteiger partial charge in [0, 0.05) is 18.5 Å². The quantitative estimate of drug-likeness (QED) is 0.869. The number of benzene rings is 1. The van der Waals surface area contributed by atoms with Gasteiger partial charge in [-0.2, -0.15) is 5.06 Å². The van der Waals surface area contributed by atoms with Crippen molar-refractivity contribution in [3.05, 3.63) is 47.7 Å². The zero-order chi connectivity index (χ0) is 18.4. The summed E-state index contributed by atoms with van der Waals surface area (Å²) >= 11 is 0. The van der Waals surface area contributed by atoms with Crippen molar-refractivity contribution < 1.29 is 14.0 Å². The van der Waals surface area contributed by atoms with E-state index in [2.05, 4.69) is 10.2 Å². The number of nitrogens with zero attached hydrogens (tertiary/aromatic N) is 4. The molecule has 1 saturated carbocycles. The van der Waals surface area contributed by atoms with Gasteiger partial charge in [-0.25, -0.2) is 4.79 Å². The monoisotopic (exact) mass is 369 g/mol. The topological polar surface area (TPSA) is 97.7 Å². The zero-order valence-corrected chi connectivity index (χ0v) is 15.0. The second kappa shape index (κ2) is 6.61. The van der Waals surface area contributed by atoms with E-state index < -0.39 is 0 Å². The van der Waals surface area contributed by atoms with E-state index in [1.165, 1.54) is 5.06 Å². The van der Waals surface area contributed by atoms with Gasteiger partial charge in [-0.05, 0) is 31.2 Å². The predicted octanol–water partition coefficient (Wildman–Crippen LogP) is 2.35. The normalized spacial score (nSPS) is 29.9. The molecular formula is C19H23N5O3. The van der Waals surface area contributed by atoms with Crippen LogP contribution in [-0.2, 0) is 11.4 Å². The molecule has 5 rings (SSSR count). The van der Waals surface area contributed by atoms with E-state index in [9.17, 15) is 4.79 Å². The number of nitrogens with two attached hydrogens (primary N) is 1. The summed E-state index contributed by atoms with van der Waals surface area (Å²) in [5.41, 5.74) is 6.89. The minimum absolute atomic E-state index is 0.0736. The van der Waals surface area contributed by atoms with Crippen molar-refractivity contribution in [1.29, 1.82) is 0 Å². The maximum Gasteiger partial charge on any atom is 0.345 e. The number of aromatic nitrogens is 2. The molecule has 2 atom stereocenters. The largest absolute Gasteiger partial charge is 0.423 e. The molecule has 27 heavy (non-hydrogen) atoms. The molecule has 3 heterocycles. The first kappa shape index (κ1) is 16.7. The second-order valence-electron chi connectivity index (χ2n) is 7.67. The van der Waals surface area contributed by atoms with Crippen LogP contribution in [0.2, 0.25) is 0 Å². The Bertz CT molecular complexity index is 820. The molecule has 2 bridgehead atoms. The maximum atomic E-state index is 12.9. The molecule has 0 unspecified atom stereocenters. The van der Waals surface area contributed by atoms with Gasteiger partial charge in [0.1, 0.15) is 12.6 Å². The molecular weight excluding hydrogens is 346 g/mol. The fourth-order valence-corrected chi connectivity index (χ4v) is 4.18. The summed E-state index contributed by atoms with van der Waals surface area (Å²) in [6, 6.07) is 9.88. The number of fused-ring (bicyclic) bond motifs is 2. The highest BCUT2D eigenvalue weighted by atomic mass is 16.7. The lowest BCUT2D eigenvalue weighted by atomic mass is 9.81. The Balaban J connectivity index is 1.26. The van der Waals surface area contributed by atoms with Gasteiger partial charge in [-0.3, -0.25) is 4.84 Å².